The van der Waals surface area contributed by atoms with Gasteiger partial charge in [-0.15, -0.1) is 0 Å². The molecule has 1 aromatic heterocycles. The minimum atomic E-state index is 0.712. The van der Waals surface area contributed by atoms with Gasteiger partial charge < -0.3 is 5.32 Å². The second-order valence-corrected chi connectivity index (χ2v) is 5.47. The summed E-state index contributed by atoms with van der Waals surface area (Å²) in [6.45, 7) is 3.27. The summed E-state index contributed by atoms with van der Waals surface area (Å²) in [4.78, 5) is 4.20. The molecule has 2 nitrogen and oxygen atoms in total. The van der Waals surface area contributed by atoms with Crippen molar-refractivity contribution in [3.63, 3.8) is 0 Å². The van der Waals surface area contributed by atoms with Gasteiger partial charge in [0.05, 0.1) is 0 Å². The molecule has 0 amide bonds. The summed E-state index contributed by atoms with van der Waals surface area (Å²) < 4.78 is 1.08. The summed E-state index contributed by atoms with van der Waals surface area (Å²) in [5.41, 5.74) is 1.33. The van der Waals surface area contributed by atoms with Crippen LogP contribution in [-0.4, -0.2) is 17.6 Å². The van der Waals surface area contributed by atoms with E-state index in [0.29, 0.717) is 6.04 Å². The molecule has 1 fully saturated rings. The maximum absolute atomic E-state index is 4.20. The fraction of sp³-hybridized carbons (Fsp3) is 0.615. The lowest BCUT2D eigenvalue weighted by atomic mass is 10.0. The number of hydrogen-bond acceptors (Lipinski definition) is 2. The Kier molecular flexibility index (Phi) is 4.36. The molecular formula is C13H19BrN2. The fourth-order valence-electron chi connectivity index (χ4n) is 2.18. The highest BCUT2D eigenvalue weighted by molar-refractivity contribution is 9.10. The van der Waals surface area contributed by atoms with Crippen LogP contribution >= 0.6 is 15.9 Å². The third kappa shape index (κ3) is 3.56. The first-order valence-electron chi connectivity index (χ1n) is 6.12. The Bertz CT molecular complexity index is 336. The minimum absolute atomic E-state index is 0.712. The number of hydrogen-bond donors (Lipinski definition) is 1. The quantitative estimate of drug-likeness (QED) is 0.867. The van der Waals surface area contributed by atoms with Gasteiger partial charge >= 0.3 is 0 Å². The third-order valence-electron chi connectivity index (χ3n) is 3.16. The zero-order chi connectivity index (χ0) is 11.4. The predicted molar refractivity (Wildman–Crippen MR) is 70.4 cm³/mol. The van der Waals surface area contributed by atoms with E-state index in [0.717, 1.165) is 23.4 Å². The number of rotatable bonds is 6. The first-order valence-corrected chi connectivity index (χ1v) is 6.91. The highest BCUT2D eigenvalue weighted by atomic mass is 79.9. The lowest BCUT2D eigenvalue weighted by Gasteiger charge is -2.16. The van der Waals surface area contributed by atoms with Crippen LogP contribution in [0.2, 0.25) is 0 Å². The van der Waals surface area contributed by atoms with Crippen LogP contribution in [0, 0.1) is 5.92 Å². The molecule has 1 aromatic rings. The molecule has 1 unspecified atom stereocenters. The van der Waals surface area contributed by atoms with Gasteiger partial charge in [-0.25, -0.2) is 0 Å². The van der Waals surface area contributed by atoms with Crippen LogP contribution in [0.4, 0.5) is 0 Å². The lowest BCUT2D eigenvalue weighted by molar-refractivity contribution is 0.446. The molecule has 0 bridgehead atoms. The van der Waals surface area contributed by atoms with Gasteiger partial charge in [0.15, 0.2) is 0 Å². The first kappa shape index (κ1) is 12.1. The smallest absolute Gasteiger partial charge is 0.0410 e. The Labute approximate surface area is 106 Å². The summed E-state index contributed by atoms with van der Waals surface area (Å²) in [6, 6.07) is 2.88. The SMILES string of the molecule is CCNC(CCc1cncc(Br)c1)C1CC1. The normalized spacial score (nSPS) is 17.4. The molecule has 0 saturated heterocycles. The largest absolute Gasteiger partial charge is 0.314 e. The fourth-order valence-corrected chi connectivity index (χ4v) is 2.59. The molecule has 1 heterocycles. The number of nitrogens with one attached hydrogen (secondary N) is 1. The minimum Gasteiger partial charge on any atom is -0.314 e. The average Bonchev–Trinajstić information content (AvgIpc) is 3.08. The van der Waals surface area contributed by atoms with E-state index in [1.54, 1.807) is 0 Å². The lowest BCUT2D eigenvalue weighted by Crippen LogP contribution is -2.31. The molecule has 1 aliphatic rings. The summed E-state index contributed by atoms with van der Waals surface area (Å²) in [5.74, 6) is 0.931. The molecular weight excluding hydrogens is 264 g/mol. The standard InChI is InChI=1S/C13H19BrN2/c1-2-16-13(11-4-5-11)6-3-10-7-12(14)9-15-8-10/h7-9,11,13,16H,2-6H2,1H3. The van der Waals surface area contributed by atoms with E-state index < -0.39 is 0 Å². The molecule has 0 radical (unpaired) electrons. The Morgan fingerprint density at radius 2 is 2.31 bits per heavy atom. The number of pyridine rings is 1. The van der Waals surface area contributed by atoms with E-state index in [9.17, 15) is 0 Å². The van der Waals surface area contributed by atoms with Crippen molar-refractivity contribution in [3.8, 4) is 0 Å². The van der Waals surface area contributed by atoms with E-state index >= 15 is 0 Å². The molecule has 0 aromatic carbocycles. The molecule has 0 spiro atoms. The first-order chi connectivity index (χ1) is 7.79. The number of halogens is 1. The topological polar surface area (TPSA) is 24.9 Å². The van der Waals surface area contributed by atoms with Gasteiger partial charge in [-0.2, -0.15) is 0 Å². The van der Waals surface area contributed by atoms with Crippen molar-refractivity contribution in [2.75, 3.05) is 6.54 Å². The Hall–Kier alpha value is -0.410. The molecule has 1 aliphatic carbocycles. The highest BCUT2D eigenvalue weighted by Crippen LogP contribution is 2.34. The molecule has 0 aliphatic heterocycles. The number of nitrogens with zero attached hydrogens (tertiary/aromatic N) is 1. The van der Waals surface area contributed by atoms with Crippen LogP contribution in [0.5, 0.6) is 0 Å². The average molecular weight is 283 g/mol. The summed E-state index contributed by atoms with van der Waals surface area (Å²) in [6.07, 6.45) is 8.99. The monoisotopic (exact) mass is 282 g/mol. The second kappa shape index (κ2) is 5.78. The van der Waals surface area contributed by atoms with Gasteiger partial charge in [0.25, 0.3) is 0 Å². The zero-order valence-electron chi connectivity index (χ0n) is 9.75. The summed E-state index contributed by atoms with van der Waals surface area (Å²) in [5, 5.41) is 3.60. The Morgan fingerprint density at radius 3 is 2.94 bits per heavy atom. The van der Waals surface area contributed by atoms with Crippen molar-refractivity contribution < 1.29 is 0 Å². The van der Waals surface area contributed by atoms with E-state index in [1.807, 2.05) is 12.4 Å². The van der Waals surface area contributed by atoms with Gasteiger partial charge in [0.2, 0.25) is 0 Å². The van der Waals surface area contributed by atoms with Crippen LogP contribution in [0.25, 0.3) is 0 Å². The Balaban J connectivity index is 1.85. The third-order valence-corrected chi connectivity index (χ3v) is 3.60. The highest BCUT2D eigenvalue weighted by Gasteiger charge is 2.29. The van der Waals surface area contributed by atoms with Crippen molar-refractivity contribution in [1.29, 1.82) is 0 Å². The maximum atomic E-state index is 4.20. The number of aromatic nitrogens is 1. The van der Waals surface area contributed by atoms with Crippen molar-refractivity contribution in [1.82, 2.24) is 10.3 Å². The van der Waals surface area contributed by atoms with Crippen molar-refractivity contribution in [2.24, 2.45) is 5.92 Å². The van der Waals surface area contributed by atoms with Crippen LogP contribution < -0.4 is 5.32 Å². The van der Waals surface area contributed by atoms with E-state index in [2.05, 4.69) is 39.2 Å². The molecule has 3 heteroatoms. The summed E-state index contributed by atoms with van der Waals surface area (Å²) >= 11 is 3.46. The molecule has 1 atom stereocenters. The zero-order valence-corrected chi connectivity index (χ0v) is 11.3. The molecule has 16 heavy (non-hydrogen) atoms. The summed E-state index contributed by atoms with van der Waals surface area (Å²) in [7, 11) is 0. The number of aryl methyl sites for hydroxylation is 1. The van der Waals surface area contributed by atoms with Crippen LogP contribution in [0.1, 0.15) is 31.7 Å². The second-order valence-electron chi connectivity index (χ2n) is 4.55. The molecule has 1 saturated carbocycles. The predicted octanol–water partition coefficient (Wildman–Crippen LogP) is 3.16. The van der Waals surface area contributed by atoms with Gasteiger partial charge in [-0.1, -0.05) is 6.92 Å². The van der Waals surface area contributed by atoms with Crippen LogP contribution in [0.15, 0.2) is 22.9 Å². The van der Waals surface area contributed by atoms with Gasteiger partial charge in [0, 0.05) is 22.9 Å². The van der Waals surface area contributed by atoms with Crippen molar-refractivity contribution in [2.45, 2.75) is 38.6 Å². The van der Waals surface area contributed by atoms with Gasteiger partial charge in [0.1, 0.15) is 0 Å². The molecule has 88 valence electrons. The van der Waals surface area contributed by atoms with E-state index in [1.165, 1.54) is 24.8 Å². The van der Waals surface area contributed by atoms with Crippen LogP contribution in [0.3, 0.4) is 0 Å². The van der Waals surface area contributed by atoms with Gasteiger partial charge in [-0.3, -0.25) is 4.98 Å². The van der Waals surface area contributed by atoms with Gasteiger partial charge in [-0.05, 0) is 65.7 Å². The van der Waals surface area contributed by atoms with Crippen molar-refractivity contribution >= 4 is 15.9 Å². The molecule has 1 N–H and O–H groups in total. The van der Waals surface area contributed by atoms with Crippen molar-refractivity contribution in [3.05, 3.63) is 28.5 Å². The Morgan fingerprint density at radius 1 is 1.50 bits per heavy atom. The van der Waals surface area contributed by atoms with E-state index in [4.69, 9.17) is 0 Å². The maximum Gasteiger partial charge on any atom is 0.0410 e. The molecule has 2 rings (SSSR count). The van der Waals surface area contributed by atoms with E-state index in [-0.39, 0.29) is 0 Å². The van der Waals surface area contributed by atoms with Crippen LogP contribution in [-0.2, 0) is 6.42 Å².